The van der Waals surface area contributed by atoms with Crippen molar-refractivity contribution in [3.63, 3.8) is 0 Å². The first-order valence-corrected chi connectivity index (χ1v) is 9.54. The quantitative estimate of drug-likeness (QED) is 0.268. The summed E-state index contributed by atoms with van der Waals surface area (Å²) in [5.41, 5.74) is 5.47. The second kappa shape index (κ2) is 9.13. The summed E-state index contributed by atoms with van der Waals surface area (Å²) in [5, 5.41) is 11.5. The van der Waals surface area contributed by atoms with E-state index < -0.39 is 53.1 Å². The molecule has 14 nitrogen and oxygen atoms in total. The summed E-state index contributed by atoms with van der Waals surface area (Å²) in [6.07, 6.45) is -2.38. The zero-order chi connectivity index (χ0) is 23.6. The number of anilines is 1. The molecule has 4 atom stereocenters. The molecule has 3 rings (SSSR count). The highest BCUT2D eigenvalue weighted by Crippen LogP contribution is 2.39. The molecule has 1 saturated heterocycles. The van der Waals surface area contributed by atoms with Crippen molar-refractivity contribution >= 4 is 40.4 Å². The fourth-order valence-electron chi connectivity index (χ4n) is 3.38. The number of carbonyl (C=O) groups excluding carboxylic acids is 3. The minimum atomic E-state index is -1.23. The van der Waals surface area contributed by atoms with E-state index in [0.717, 1.165) is 19.4 Å². The highest BCUT2D eigenvalue weighted by molar-refractivity contribution is 5.95. The van der Waals surface area contributed by atoms with E-state index in [1.807, 2.05) is 0 Å². The molecule has 0 bridgehead atoms. The Hall–Kier alpha value is -3.81. The molecular formula is C18H21N5O9. The van der Waals surface area contributed by atoms with Crippen LogP contribution in [-0.2, 0) is 33.3 Å². The van der Waals surface area contributed by atoms with Gasteiger partial charge in [0.25, 0.3) is 5.69 Å². The predicted octanol–water partition coefficient (Wildman–Crippen LogP) is 0.636. The molecule has 0 spiro atoms. The molecule has 3 heterocycles. The zero-order valence-corrected chi connectivity index (χ0v) is 17.4. The van der Waals surface area contributed by atoms with E-state index in [1.54, 1.807) is 6.92 Å². The first kappa shape index (κ1) is 22.9. The molecule has 0 aromatic carbocycles. The van der Waals surface area contributed by atoms with Gasteiger partial charge in [0.1, 0.15) is 30.2 Å². The Kier molecular flexibility index (Phi) is 6.53. The molecule has 2 N–H and O–H groups in total. The van der Waals surface area contributed by atoms with Crippen molar-refractivity contribution < 1.29 is 38.3 Å². The smallest absolute Gasteiger partial charge is 0.306 e. The molecule has 0 amide bonds. The number of aromatic nitrogens is 3. The molecule has 14 heteroatoms. The number of rotatable bonds is 7. The minimum Gasteiger partial charge on any atom is -0.463 e. The summed E-state index contributed by atoms with van der Waals surface area (Å²) in [6.45, 7) is 3.58. The monoisotopic (exact) mass is 451 g/mol. The van der Waals surface area contributed by atoms with Crippen LogP contribution >= 0.6 is 0 Å². The maximum Gasteiger partial charge on any atom is 0.306 e. The second-order valence-corrected chi connectivity index (χ2v) is 6.89. The average Bonchev–Trinajstić information content (AvgIpc) is 3.26. The molecule has 1 aliphatic heterocycles. The van der Waals surface area contributed by atoms with Gasteiger partial charge in [0.2, 0.25) is 0 Å². The highest BCUT2D eigenvalue weighted by Gasteiger charge is 2.51. The summed E-state index contributed by atoms with van der Waals surface area (Å²) < 4.78 is 23.0. The van der Waals surface area contributed by atoms with Crippen molar-refractivity contribution in [3.05, 3.63) is 22.6 Å². The molecule has 0 aliphatic carbocycles. The number of ether oxygens (including phenoxy) is 4. The second-order valence-electron chi connectivity index (χ2n) is 6.89. The van der Waals surface area contributed by atoms with Crippen LogP contribution in [0.2, 0.25) is 0 Å². The van der Waals surface area contributed by atoms with Gasteiger partial charge in [-0.05, 0) is 0 Å². The molecular weight excluding hydrogens is 430 g/mol. The van der Waals surface area contributed by atoms with Gasteiger partial charge >= 0.3 is 17.9 Å². The van der Waals surface area contributed by atoms with E-state index in [1.165, 1.54) is 11.5 Å². The fourth-order valence-corrected chi connectivity index (χ4v) is 3.38. The Morgan fingerprint density at radius 3 is 2.53 bits per heavy atom. The van der Waals surface area contributed by atoms with Crippen LogP contribution in [0, 0.1) is 10.1 Å². The Bertz CT molecular complexity index is 1070. The van der Waals surface area contributed by atoms with Crippen LogP contribution in [0.25, 0.3) is 11.0 Å². The first-order valence-electron chi connectivity index (χ1n) is 9.54. The predicted molar refractivity (Wildman–Crippen MR) is 105 cm³/mol. The van der Waals surface area contributed by atoms with Gasteiger partial charge in [0, 0.05) is 20.3 Å². The number of fused-ring (bicyclic) bond motifs is 1. The number of carbonyl (C=O) groups is 3. The molecule has 0 unspecified atom stereocenters. The molecule has 2 aromatic rings. The topological polar surface area (TPSA) is 188 Å². The van der Waals surface area contributed by atoms with Crippen LogP contribution in [0.15, 0.2) is 12.5 Å². The average molecular weight is 451 g/mol. The van der Waals surface area contributed by atoms with Crippen LogP contribution < -0.4 is 5.73 Å². The number of nitrogen functional groups attached to an aromatic ring is 1. The molecule has 1 fully saturated rings. The summed E-state index contributed by atoms with van der Waals surface area (Å²) in [7, 11) is 0. The van der Waals surface area contributed by atoms with Gasteiger partial charge < -0.3 is 24.7 Å². The maximum atomic E-state index is 12.0. The summed E-state index contributed by atoms with van der Waals surface area (Å²) >= 11 is 0. The third kappa shape index (κ3) is 4.44. The first-order chi connectivity index (χ1) is 15.1. The summed E-state index contributed by atoms with van der Waals surface area (Å²) in [5.74, 6) is -2.06. The number of hydrogen-bond donors (Lipinski definition) is 1. The lowest BCUT2D eigenvalue weighted by atomic mass is 10.1. The van der Waals surface area contributed by atoms with E-state index in [2.05, 4.69) is 9.97 Å². The maximum absolute atomic E-state index is 12.0. The lowest BCUT2D eigenvalue weighted by Gasteiger charge is -2.24. The number of hydrogen-bond acceptors (Lipinski definition) is 12. The Labute approximate surface area is 180 Å². The van der Waals surface area contributed by atoms with Gasteiger partial charge in [-0.1, -0.05) is 6.92 Å². The van der Waals surface area contributed by atoms with Crippen molar-refractivity contribution in [2.45, 2.75) is 51.7 Å². The summed E-state index contributed by atoms with van der Waals surface area (Å²) in [6, 6.07) is 0. The Morgan fingerprint density at radius 2 is 1.94 bits per heavy atom. The Morgan fingerprint density at radius 1 is 1.22 bits per heavy atom. The third-order valence-corrected chi connectivity index (χ3v) is 4.68. The SMILES string of the molecule is CCC(=O)O[C@H]1[C@@H](OC(C)=O)[C@H](n2cc([N+](=O)[O-])c3c(N)ncnc32)O[C@@H]1COC(C)=O. The number of esters is 3. The largest absolute Gasteiger partial charge is 0.463 e. The van der Waals surface area contributed by atoms with Crippen LogP contribution in [0.1, 0.15) is 33.4 Å². The van der Waals surface area contributed by atoms with E-state index in [-0.39, 0.29) is 29.9 Å². The summed E-state index contributed by atoms with van der Waals surface area (Å²) in [4.78, 5) is 53.9. The zero-order valence-electron chi connectivity index (χ0n) is 17.4. The van der Waals surface area contributed by atoms with Gasteiger partial charge in [-0.25, -0.2) is 9.97 Å². The normalized spacial score (nSPS) is 22.5. The number of nitrogens with two attached hydrogens (primary N) is 1. The molecule has 32 heavy (non-hydrogen) atoms. The number of nitro groups is 1. The molecule has 1 aliphatic rings. The van der Waals surface area contributed by atoms with Gasteiger partial charge in [0.05, 0.1) is 11.1 Å². The molecule has 172 valence electrons. The van der Waals surface area contributed by atoms with E-state index in [0.29, 0.717) is 0 Å². The van der Waals surface area contributed by atoms with Crippen LogP contribution in [0.3, 0.4) is 0 Å². The van der Waals surface area contributed by atoms with Gasteiger partial charge in [-0.3, -0.25) is 29.1 Å². The van der Waals surface area contributed by atoms with Crippen molar-refractivity contribution in [3.8, 4) is 0 Å². The lowest BCUT2D eigenvalue weighted by molar-refractivity contribution is -0.383. The van der Waals surface area contributed by atoms with E-state index in [9.17, 15) is 24.5 Å². The lowest BCUT2D eigenvalue weighted by Crippen LogP contribution is -2.40. The van der Waals surface area contributed by atoms with Crippen LogP contribution in [0.4, 0.5) is 11.5 Å². The Balaban J connectivity index is 2.12. The van der Waals surface area contributed by atoms with E-state index >= 15 is 0 Å². The van der Waals surface area contributed by atoms with Gasteiger partial charge in [-0.2, -0.15) is 0 Å². The van der Waals surface area contributed by atoms with Gasteiger partial charge in [-0.15, -0.1) is 0 Å². The van der Waals surface area contributed by atoms with Crippen molar-refractivity contribution in [1.29, 1.82) is 0 Å². The molecule has 2 aromatic heterocycles. The van der Waals surface area contributed by atoms with Crippen molar-refractivity contribution in [2.24, 2.45) is 0 Å². The van der Waals surface area contributed by atoms with Crippen molar-refractivity contribution in [1.82, 2.24) is 14.5 Å². The minimum absolute atomic E-state index is 0.0237. The standard InChI is InChI=1S/C18H21N5O9/c1-4-12(26)32-14-11(6-29-8(2)24)31-18(15(14)30-9(3)25)22-5-10(23(27)28)13-16(19)20-7-21-17(13)22/h5,7,11,14-15,18H,4,6H2,1-3H3,(H2,19,20,21)/t11-,14-,15-,18-/m1/s1. The third-order valence-electron chi connectivity index (χ3n) is 4.68. The molecule has 0 radical (unpaired) electrons. The molecule has 0 saturated carbocycles. The van der Waals surface area contributed by atoms with Crippen molar-refractivity contribution in [2.75, 3.05) is 12.3 Å². The van der Waals surface area contributed by atoms with Gasteiger partial charge in [0.15, 0.2) is 24.1 Å². The highest BCUT2D eigenvalue weighted by atomic mass is 16.7. The number of nitrogens with zero attached hydrogens (tertiary/aromatic N) is 4. The van der Waals surface area contributed by atoms with E-state index in [4.69, 9.17) is 24.7 Å². The fraction of sp³-hybridized carbons (Fsp3) is 0.500. The van der Waals surface area contributed by atoms with Crippen LogP contribution in [0.5, 0.6) is 0 Å². The van der Waals surface area contributed by atoms with Crippen LogP contribution in [-0.4, -0.2) is 62.3 Å².